The standard InChI is InChI=1S/C56H113N2O6P/c1-6-8-10-11-12-13-14-15-16-17-18-19-20-21-22-23-24-25-26-27-28-29-30-31-32-33-34-35-36-37-38-39-40-41-42-43-44-45-46-48-50-56(60)57-54(55(59)49-47-9-7-2)53-64-65(61,62)63-52-51-58(3,4)5/h47,49,54-55,59H,6-46,48,50-53H2,1-5H3,(H-,57,60,61,62)/p+1/b49-47+. The first-order valence-corrected chi connectivity index (χ1v) is 30.1. The van der Waals surface area contributed by atoms with E-state index in [1.54, 1.807) is 6.08 Å². The normalized spacial score (nSPS) is 14.0. The van der Waals surface area contributed by atoms with E-state index >= 15 is 0 Å². The molecule has 65 heavy (non-hydrogen) atoms. The van der Waals surface area contributed by atoms with Crippen LogP contribution in [0.25, 0.3) is 0 Å². The Kier molecular flexibility index (Phi) is 47.7. The second-order valence-electron chi connectivity index (χ2n) is 21.0. The van der Waals surface area contributed by atoms with Crippen molar-refractivity contribution in [1.29, 1.82) is 0 Å². The van der Waals surface area contributed by atoms with Gasteiger partial charge >= 0.3 is 7.82 Å². The van der Waals surface area contributed by atoms with Crippen LogP contribution in [0, 0.1) is 0 Å². The predicted molar refractivity (Wildman–Crippen MR) is 282 cm³/mol. The highest BCUT2D eigenvalue weighted by molar-refractivity contribution is 7.47. The van der Waals surface area contributed by atoms with Crippen molar-refractivity contribution < 1.29 is 32.9 Å². The average molecular weight is 943 g/mol. The number of aliphatic hydroxyl groups is 1. The van der Waals surface area contributed by atoms with Crippen LogP contribution in [0.15, 0.2) is 12.2 Å². The molecule has 0 rings (SSSR count). The second kappa shape index (κ2) is 48.3. The molecule has 0 aliphatic heterocycles. The number of carbonyl (C=O) groups is 1. The van der Waals surface area contributed by atoms with Crippen molar-refractivity contribution in [3.05, 3.63) is 12.2 Å². The number of nitrogens with one attached hydrogen (secondary N) is 1. The molecule has 3 N–H and O–H groups in total. The first kappa shape index (κ1) is 64.2. The van der Waals surface area contributed by atoms with Gasteiger partial charge in [0.05, 0.1) is 39.9 Å². The maximum atomic E-state index is 12.7. The van der Waals surface area contributed by atoms with Crippen LogP contribution in [0.5, 0.6) is 0 Å². The summed E-state index contributed by atoms with van der Waals surface area (Å²) in [6, 6.07) is -0.837. The Morgan fingerprint density at radius 3 is 1.11 bits per heavy atom. The summed E-state index contributed by atoms with van der Waals surface area (Å²) in [6.07, 6.45) is 60.3. The van der Waals surface area contributed by atoms with Crippen molar-refractivity contribution in [1.82, 2.24) is 5.32 Å². The maximum absolute atomic E-state index is 12.7. The van der Waals surface area contributed by atoms with Gasteiger partial charge in [-0.05, 0) is 12.8 Å². The van der Waals surface area contributed by atoms with E-state index in [1.165, 1.54) is 238 Å². The minimum Gasteiger partial charge on any atom is -0.387 e. The Labute approximate surface area is 405 Å². The summed E-state index contributed by atoms with van der Waals surface area (Å²) in [5.41, 5.74) is 0. The minimum atomic E-state index is -4.31. The third-order valence-electron chi connectivity index (χ3n) is 13.2. The summed E-state index contributed by atoms with van der Waals surface area (Å²) in [5, 5.41) is 13.5. The molecule has 0 saturated carbocycles. The molecule has 0 heterocycles. The lowest BCUT2D eigenvalue weighted by atomic mass is 10.0. The summed E-state index contributed by atoms with van der Waals surface area (Å²) >= 11 is 0. The molecule has 0 aliphatic carbocycles. The largest absolute Gasteiger partial charge is 0.472 e. The molecule has 1 amide bonds. The van der Waals surface area contributed by atoms with E-state index in [0.717, 1.165) is 32.1 Å². The SMILES string of the molecule is CCC/C=C/C(O)C(COP(=O)(O)OCC[N+](C)(C)C)NC(=O)CCCCCCCCCCCCCCCCCCCCCCCCCCCCCCCCCCCCCCCCCC. The van der Waals surface area contributed by atoms with Gasteiger partial charge in [-0.1, -0.05) is 283 Å². The lowest BCUT2D eigenvalue weighted by molar-refractivity contribution is -0.870. The zero-order valence-corrected chi connectivity index (χ0v) is 45.2. The van der Waals surface area contributed by atoms with E-state index in [2.05, 4.69) is 12.2 Å². The molecule has 0 radical (unpaired) electrons. The monoisotopic (exact) mass is 942 g/mol. The molecule has 9 heteroatoms. The number of likely N-dealkylation sites (N-methyl/N-ethyl adjacent to an activating group) is 1. The van der Waals surface area contributed by atoms with Gasteiger partial charge in [-0.2, -0.15) is 0 Å². The molecule has 0 fully saturated rings. The number of unbranched alkanes of at least 4 members (excludes halogenated alkanes) is 40. The minimum absolute atomic E-state index is 0.0626. The van der Waals surface area contributed by atoms with Gasteiger partial charge in [0.1, 0.15) is 13.2 Å². The van der Waals surface area contributed by atoms with E-state index in [1.807, 2.05) is 34.1 Å². The number of rotatable bonds is 53. The molecule has 0 spiro atoms. The van der Waals surface area contributed by atoms with Gasteiger partial charge in [-0.3, -0.25) is 13.8 Å². The Hall–Kier alpha value is -0.760. The third-order valence-corrected chi connectivity index (χ3v) is 14.2. The third kappa shape index (κ3) is 50.9. The second-order valence-corrected chi connectivity index (χ2v) is 22.5. The van der Waals surface area contributed by atoms with Crippen molar-refractivity contribution in [3.8, 4) is 0 Å². The molecule has 0 aromatic heterocycles. The Balaban J connectivity index is 3.53. The summed E-state index contributed by atoms with van der Waals surface area (Å²) < 4.78 is 23.3. The molecule has 3 atom stereocenters. The Bertz CT molecular complexity index is 1070. The van der Waals surface area contributed by atoms with Crippen LogP contribution < -0.4 is 5.32 Å². The molecular formula is C56H114N2O6P+. The van der Waals surface area contributed by atoms with Gasteiger partial charge in [0, 0.05) is 6.42 Å². The summed E-state index contributed by atoms with van der Waals surface area (Å²) in [7, 11) is 1.58. The highest BCUT2D eigenvalue weighted by Gasteiger charge is 2.27. The lowest BCUT2D eigenvalue weighted by Crippen LogP contribution is -2.45. The molecule has 8 nitrogen and oxygen atoms in total. The summed E-state index contributed by atoms with van der Waals surface area (Å²) in [4.78, 5) is 22.8. The predicted octanol–water partition coefficient (Wildman–Crippen LogP) is 17.0. The number of amides is 1. The number of quaternary nitrogens is 1. The molecule has 3 unspecified atom stereocenters. The molecule has 0 aromatic carbocycles. The molecule has 0 saturated heterocycles. The molecular weight excluding hydrogens is 828 g/mol. The number of aliphatic hydroxyl groups excluding tert-OH is 1. The van der Waals surface area contributed by atoms with E-state index in [4.69, 9.17) is 9.05 Å². The van der Waals surface area contributed by atoms with E-state index < -0.39 is 20.0 Å². The first-order chi connectivity index (χ1) is 31.5. The summed E-state index contributed by atoms with van der Waals surface area (Å²) in [6.45, 7) is 4.63. The van der Waals surface area contributed by atoms with Crippen molar-refractivity contribution in [2.75, 3.05) is 40.9 Å². The number of allylic oxidation sites excluding steroid dienone is 1. The van der Waals surface area contributed by atoms with Crippen LogP contribution in [0.2, 0.25) is 0 Å². The topological polar surface area (TPSA) is 105 Å². The molecule has 0 bridgehead atoms. The molecule has 0 aromatic rings. The number of carbonyl (C=O) groups excluding carboxylic acids is 1. The van der Waals surface area contributed by atoms with E-state index in [-0.39, 0.29) is 19.1 Å². The van der Waals surface area contributed by atoms with Crippen molar-refractivity contribution in [2.24, 2.45) is 0 Å². The van der Waals surface area contributed by atoms with E-state index in [0.29, 0.717) is 17.4 Å². The first-order valence-electron chi connectivity index (χ1n) is 28.6. The van der Waals surface area contributed by atoms with Gasteiger partial charge in [-0.25, -0.2) is 4.57 Å². The fourth-order valence-corrected chi connectivity index (χ4v) is 9.50. The number of phosphoric acid groups is 1. The van der Waals surface area contributed by atoms with E-state index in [9.17, 15) is 19.4 Å². The highest BCUT2D eigenvalue weighted by atomic mass is 31.2. The van der Waals surface area contributed by atoms with Gasteiger partial charge in [-0.15, -0.1) is 0 Å². The lowest BCUT2D eigenvalue weighted by Gasteiger charge is -2.25. The number of hydrogen-bond donors (Lipinski definition) is 3. The van der Waals surface area contributed by atoms with Crippen LogP contribution in [0.1, 0.15) is 290 Å². The van der Waals surface area contributed by atoms with Gasteiger partial charge in [0.2, 0.25) is 5.91 Å². The molecule has 0 aliphatic rings. The van der Waals surface area contributed by atoms with Crippen LogP contribution >= 0.6 is 7.82 Å². The maximum Gasteiger partial charge on any atom is 0.472 e. The van der Waals surface area contributed by atoms with Crippen LogP contribution in [0.3, 0.4) is 0 Å². The number of nitrogens with zero attached hydrogens (tertiary/aromatic N) is 1. The van der Waals surface area contributed by atoms with Gasteiger partial charge < -0.3 is 19.8 Å². The quantitative estimate of drug-likeness (QED) is 0.0243. The fraction of sp³-hybridized carbons (Fsp3) is 0.946. The number of phosphoric ester groups is 1. The average Bonchev–Trinajstić information content (AvgIpc) is 3.26. The van der Waals surface area contributed by atoms with Crippen LogP contribution in [0.4, 0.5) is 0 Å². The van der Waals surface area contributed by atoms with Crippen molar-refractivity contribution in [3.63, 3.8) is 0 Å². The number of hydrogen-bond acceptors (Lipinski definition) is 5. The Morgan fingerprint density at radius 2 is 0.815 bits per heavy atom. The van der Waals surface area contributed by atoms with Crippen molar-refractivity contribution >= 4 is 13.7 Å². The zero-order chi connectivity index (χ0) is 47.8. The zero-order valence-electron chi connectivity index (χ0n) is 44.3. The smallest absolute Gasteiger partial charge is 0.387 e. The Morgan fingerprint density at radius 1 is 0.508 bits per heavy atom. The summed E-state index contributed by atoms with van der Waals surface area (Å²) in [5.74, 6) is -0.183. The molecule has 388 valence electrons. The highest BCUT2D eigenvalue weighted by Crippen LogP contribution is 2.43. The van der Waals surface area contributed by atoms with Crippen LogP contribution in [-0.2, 0) is 18.4 Å². The fourth-order valence-electron chi connectivity index (χ4n) is 8.76. The van der Waals surface area contributed by atoms with Crippen LogP contribution in [-0.4, -0.2) is 73.4 Å². The van der Waals surface area contributed by atoms with Gasteiger partial charge in [0.25, 0.3) is 0 Å². The van der Waals surface area contributed by atoms with Crippen molar-refractivity contribution in [2.45, 2.75) is 302 Å². The van der Waals surface area contributed by atoms with Gasteiger partial charge in [0.15, 0.2) is 0 Å².